The summed E-state index contributed by atoms with van der Waals surface area (Å²) in [6.45, 7) is 10.1. The Morgan fingerprint density at radius 1 is 1.09 bits per heavy atom. The molecule has 3 heterocycles. The van der Waals surface area contributed by atoms with E-state index in [2.05, 4.69) is 14.7 Å². The molecule has 3 fully saturated rings. The third-order valence-electron chi connectivity index (χ3n) is 7.02. The molecule has 184 valence electrons. The van der Waals surface area contributed by atoms with Crippen LogP contribution in [-0.2, 0) is 25.9 Å². The predicted octanol–water partition coefficient (Wildman–Crippen LogP) is 2.05. The van der Waals surface area contributed by atoms with Crippen molar-refractivity contribution in [1.82, 2.24) is 14.7 Å². The van der Waals surface area contributed by atoms with Gasteiger partial charge in [-0.15, -0.1) is 0 Å². The minimum absolute atomic E-state index is 0.388. The van der Waals surface area contributed by atoms with Gasteiger partial charge in [-0.1, -0.05) is 24.4 Å². The molecule has 0 amide bonds. The molecule has 9 heteroatoms. The van der Waals surface area contributed by atoms with Crippen LogP contribution in [0.5, 0.6) is 0 Å². The first-order chi connectivity index (χ1) is 15.9. The summed E-state index contributed by atoms with van der Waals surface area (Å²) in [6, 6.07) is 7.95. The molecule has 7 nitrogen and oxygen atoms in total. The van der Waals surface area contributed by atoms with Crippen molar-refractivity contribution in [3.8, 4) is 0 Å². The molecule has 4 rings (SSSR count). The summed E-state index contributed by atoms with van der Waals surface area (Å²) >= 11 is 5.55. The second-order valence-corrected chi connectivity index (χ2v) is 12.0. The van der Waals surface area contributed by atoms with Gasteiger partial charge >= 0.3 is 0 Å². The molecule has 1 aromatic rings. The van der Waals surface area contributed by atoms with Crippen molar-refractivity contribution < 1.29 is 17.9 Å². The third kappa shape index (κ3) is 7.19. The Kier molecular flexibility index (Phi) is 8.75. The summed E-state index contributed by atoms with van der Waals surface area (Å²) < 4.78 is 34.7. The smallest absolute Gasteiger partial charge is 0.175 e. The van der Waals surface area contributed by atoms with Gasteiger partial charge < -0.3 is 14.4 Å². The van der Waals surface area contributed by atoms with E-state index < -0.39 is 9.84 Å². The molecule has 33 heavy (non-hydrogen) atoms. The third-order valence-corrected chi connectivity index (χ3v) is 8.62. The molecule has 0 saturated carbocycles. The number of sulfone groups is 1. The number of piperidine rings is 1. The number of piperazine rings is 1. The highest BCUT2D eigenvalue weighted by atomic mass is 32.2. The van der Waals surface area contributed by atoms with Gasteiger partial charge in [0.15, 0.2) is 9.84 Å². The zero-order chi connectivity index (χ0) is 23.3. The topological polar surface area (TPSA) is 62.3 Å². The highest BCUT2D eigenvalue weighted by Crippen LogP contribution is 2.26. The van der Waals surface area contributed by atoms with Crippen molar-refractivity contribution in [3.05, 3.63) is 29.8 Å². The Hall–Kier alpha value is -1.10. The number of hydrogen-bond acceptors (Lipinski definition) is 7. The molecular weight excluding hydrogens is 458 g/mol. The lowest BCUT2D eigenvalue weighted by molar-refractivity contribution is -0.00133. The van der Waals surface area contributed by atoms with Gasteiger partial charge in [-0.05, 0) is 36.5 Å². The van der Waals surface area contributed by atoms with E-state index in [1.807, 2.05) is 12.1 Å². The minimum Gasteiger partial charge on any atom is -0.381 e. The first kappa shape index (κ1) is 25.0. The van der Waals surface area contributed by atoms with Crippen LogP contribution in [0.2, 0.25) is 0 Å². The number of hydrogen-bond donors (Lipinski definition) is 0. The summed E-state index contributed by atoms with van der Waals surface area (Å²) in [7, 11) is -3.14. The van der Waals surface area contributed by atoms with Crippen LogP contribution >= 0.6 is 12.2 Å². The van der Waals surface area contributed by atoms with E-state index in [1.165, 1.54) is 24.7 Å². The number of fused-ring (bicyclic) bond motifs is 1. The highest BCUT2D eigenvalue weighted by Gasteiger charge is 2.32. The number of benzene rings is 1. The van der Waals surface area contributed by atoms with E-state index in [-0.39, 0.29) is 0 Å². The van der Waals surface area contributed by atoms with Crippen molar-refractivity contribution in [2.75, 3.05) is 72.0 Å². The molecule has 0 radical (unpaired) electrons. The quantitative estimate of drug-likeness (QED) is 0.401. The number of thiocarbonyl (C=S) groups is 1. The Bertz CT molecular complexity index is 887. The Morgan fingerprint density at radius 3 is 2.58 bits per heavy atom. The van der Waals surface area contributed by atoms with E-state index >= 15 is 0 Å². The maximum Gasteiger partial charge on any atom is 0.175 e. The van der Waals surface area contributed by atoms with Gasteiger partial charge in [0.2, 0.25) is 0 Å². The van der Waals surface area contributed by atoms with Crippen LogP contribution in [-0.4, -0.2) is 106 Å². The van der Waals surface area contributed by atoms with Crippen LogP contribution in [0.4, 0.5) is 0 Å². The molecule has 3 saturated heterocycles. The Labute approximate surface area is 203 Å². The average molecular weight is 496 g/mol. The minimum atomic E-state index is -3.14. The zero-order valence-corrected chi connectivity index (χ0v) is 21.3. The van der Waals surface area contributed by atoms with Crippen molar-refractivity contribution in [2.45, 2.75) is 36.7 Å². The maximum atomic E-state index is 11.7. The molecule has 0 aromatic heterocycles. The molecule has 3 aliphatic rings. The van der Waals surface area contributed by atoms with Gasteiger partial charge in [-0.25, -0.2) is 8.42 Å². The summed E-state index contributed by atoms with van der Waals surface area (Å²) in [5.41, 5.74) is 1.17. The molecular formula is C24H37N3O4S2. The van der Waals surface area contributed by atoms with Crippen molar-refractivity contribution in [2.24, 2.45) is 5.92 Å². The fourth-order valence-electron chi connectivity index (χ4n) is 5.08. The fourth-order valence-corrected chi connectivity index (χ4v) is 5.98. The normalized spacial score (nSPS) is 25.1. The Morgan fingerprint density at radius 2 is 1.85 bits per heavy atom. The lowest BCUT2D eigenvalue weighted by atomic mass is 9.91. The second-order valence-electron chi connectivity index (χ2n) is 9.56. The van der Waals surface area contributed by atoms with Crippen LogP contribution < -0.4 is 0 Å². The Balaban J connectivity index is 1.15. The van der Waals surface area contributed by atoms with Crippen molar-refractivity contribution in [1.29, 1.82) is 0 Å². The largest absolute Gasteiger partial charge is 0.381 e. The average Bonchev–Trinajstić information content (AvgIpc) is 2.82. The number of rotatable bonds is 8. The van der Waals surface area contributed by atoms with Crippen LogP contribution in [0.25, 0.3) is 0 Å². The molecule has 3 aliphatic heterocycles. The van der Waals surface area contributed by atoms with Crippen LogP contribution in [0, 0.1) is 5.92 Å². The van der Waals surface area contributed by atoms with Gasteiger partial charge in [-0.3, -0.25) is 9.80 Å². The van der Waals surface area contributed by atoms with Gasteiger partial charge in [0.1, 0.15) is 0 Å². The summed E-state index contributed by atoms with van der Waals surface area (Å²) in [5, 5.41) is 0. The number of morpholine rings is 1. The lowest BCUT2D eigenvalue weighted by Gasteiger charge is -2.46. The number of ether oxygens (including phenoxy) is 2. The van der Waals surface area contributed by atoms with E-state index in [0.717, 1.165) is 77.0 Å². The van der Waals surface area contributed by atoms with Crippen molar-refractivity contribution >= 4 is 27.0 Å². The molecule has 1 aromatic carbocycles. The van der Waals surface area contributed by atoms with E-state index in [9.17, 15) is 8.42 Å². The van der Waals surface area contributed by atoms with Gasteiger partial charge in [-0.2, -0.15) is 0 Å². The highest BCUT2D eigenvalue weighted by molar-refractivity contribution is 7.90. The molecule has 0 N–H and O–H groups in total. The summed E-state index contributed by atoms with van der Waals surface area (Å²) in [6.07, 6.45) is 4.51. The lowest BCUT2D eigenvalue weighted by Crippen LogP contribution is -2.56. The van der Waals surface area contributed by atoms with Crippen LogP contribution in [0.15, 0.2) is 29.2 Å². The van der Waals surface area contributed by atoms with Crippen LogP contribution in [0.1, 0.15) is 24.8 Å². The zero-order valence-electron chi connectivity index (χ0n) is 19.7. The summed E-state index contributed by atoms with van der Waals surface area (Å²) in [4.78, 5) is 8.77. The van der Waals surface area contributed by atoms with E-state index in [1.54, 1.807) is 12.1 Å². The fraction of sp³-hybridized carbons (Fsp3) is 0.708. The van der Waals surface area contributed by atoms with Crippen LogP contribution in [0.3, 0.4) is 0 Å². The summed E-state index contributed by atoms with van der Waals surface area (Å²) in [5.74, 6) is 0.605. The predicted molar refractivity (Wildman–Crippen MR) is 133 cm³/mol. The molecule has 0 bridgehead atoms. The van der Waals surface area contributed by atoms with Gasteiger partial charge in [0.05, 0.1) is 36.3 Å². The number of nitrogens with zero attached hydrogens (tertiary/aromatic N) is 3. The first-order valence-corrected chi connectivity index (χ1v) is 14.4. The van der Waals surface area contributed by atoms with Gasteiger partial charge in [0.25, 0.3) is 0 Å². The SMILES string of the molecule is CS(=O)(=O)c1ccc(CN2CCN3CC(COCCC(=S)N4CCOCC4)CCC3C2)cc1. The van der Waals surface area contributed by atoms with Gasteiger partial charge in [0, 0.05) is 64.5 Å². The van der Waals surface area contributed by atoms with E-state index in [0.29, 0.717) is 23.5 Å². The molecule has 2 unspecified atom stereocenters. The maximum absolute atomic E-state index is 11.7. The second kappa shape index (κ2) is 11.6. The molecule has 0 spiro atoms. The first-order valence-electron chi connectivity index (χ1n) is 12.1. The van der Waals surface area contributed by atoms with E-state index in [4.69, 9.17) is 21.7 Å². The van der Waals surface area contributed by atoms with Crippen molar-refractivity contribution in [3.63, 3.8) is 0 Å². The molecule has 2 atom stereocenters. The molecule has 0 aliphatic carbocycles. The monoisotopic (exact) mass is 495 g/mol. The standard InChI is InChI=1S/C24H37N3O4S2/c1-33(28,29)23-6-3-20(4-7-23)16-25-9-10-27-17-21(2-5-22(27)18-25)19-31-13-8-24(32)26-11-14-30-15-12-26/h3-4,6-7,21-22H,2,5,8-19H2,1H3.